The third-order valence-electron chi connectivity index (χ3n) is 6.96. The van der Waals surface area contributed by atoms with Crippen LogP contribution in [0.1, 0.15) is 51.4 Å². The first-order valence-electron chi connectivity index (χ1n) is 10.2. The lowest BCUT2D eigenvalue weighted by atomic mass is 9.57. The normalized spacial score (nSPS) is 38.4. The summed E-state index contributed by atoms with van der Waals surface area (Å²) in [6.07, 6.45) is 4.54. The Morgan fingerprint density at radius 1 is 1.00 bits per heavy atom. The molecular formula is C22H29N3O. The van der Waals surface area contributed by atoms with E-state index in [1.807, 2.05) is 0 Å². The van der Waals surface area contributed by atoms with Gasteiger partial charge in [0.15, 0.2) is 0 Å². The monoisotopic (exact) mass is 351 g/mol. The zero-order valence-corrected chi connectivity index (χ0v) is 15.9. The Hall–Kier alpha value is -1.65. The number of benzene rings is 1. The van der Waals surface area contributed by atoms with Crippen LogP contribution in [-0.2, 0) is 4.79 Å². The molecule has 26 heavy (non-hydrogen) atoms. The van der Waals surface area contributed by atoms with Gasteiger partial charge >= 0.3 is 0 Å². The Morgan fingerprint density at radius 2 is 1.58 bits per heavy atom. The van der Waals surface area contributed by atoms with Crippen LogP contribution in [0.2, 0.25) is 0 Å². The summed E-state index contributed by atoms with van der Waals surface area (Å²) in [5.74, 6) is 0.580. The Kier molecular flexibility index (Phi) is 3.60. The third-order valence-corrected chi connectivity index (χ3v) is 6.96. The molecule has 4 saturated heterocycles. The van der Waals surface area contributed by atoms with Crippen LogP contribution in [-0.4, -0.2) is 46.7 Å². The molecule has 0 amide bonds. The fourth-order valence-corrected chi connectivity index (χ4v) is 6.32. The van der Waals surface area contributed by atoms with Gasteiger partial charge < -0.3 is 4.98 Å². The van der Waals surface area contributed by atoms with E-state index in [2.05, 4.69) is 59.0 Å². The van der Waals surface area contributed by atoms with E-state index >= 15 is 0 Å². The maximum absolute atomic E-state index is 13.5. The highest BCUT2D eigenvalue weighted by molar-refractivity contribution is 5.93. The molecule has 6 rings (SSSR count). The molecule has 1 aromatic heterocycles. The van der Waals surface area contributed by atoms with Crippen LogP contribution in [0, 0.1) is 10.8 Å². The second-order valence-corrected chi connectivity index (χ2v) is 8.89. The smallest absolute Gasteiger partial charge is 0.150 e. The molecule has 4 bridgehead atoms. The molecule has 138 valence electrons. The largest absolute Gasteiger partial charge is 0.356 e. The van der Waals surface area contributed by atoms with Crippen molar-refractivity contribution >= 4 is 16.7 Å². The maximum Gasteiger partial charge on any atom is 0.150 e. The number of hydrogen-bond donors (Lipinski definition) is 1. The number of ketones is 1. The molecule has 1 N–H and O–H groups in total. The molecule has 0 aliphatic carbocycles. The molecule has 0 saturated carbocycles. The number of aromatic amines is 1. The Balaban J connectivity index is 1.56. The van der Waals surface area contributed by atoms with Crippen molar-refractivity contribution in [1.82, 2.24) is 14.8 Å². The van der Waals surface area contributed by atoms with Crippen LogP contribution >= 0.6 is 0 Å². The summed E-state index contributed by atoms with van der Waals surface area (Å²) in [4.78, 5) is 22.4. The summed E-state index contributed by atoms with van der Waals surface area (Å²) in [5.41, 5.74) is 2.23. The van der Waals surface area contributed by atoms with Crippen LogP contribution < -0.4 is 0 Å². The average molecular weight is 351 g/mol. The van der Waals surface area contributed by atoms with E-state index in [9.17, 15) is 4.79 Å². The third kappa shape index (κ3) is 2.12. The first-order chi connectivity index (χ1) is 12.6. The number of rotatable bonds is 5. The zero-order chi connectivity index (χ0) is 17.9. The summed E-state index contributed by atoms with van der Waals surface area (Å²) in [7, 11) is 0. The first kappa shape index (κ1) is 16.5. The highest BCUT2D eigenvalue weighted by Crippen LogP contribution is 2.55. The highest BCUT2D eigenvalue weighted by atomic mass is 16.1. The molecule has 4 fully saturated rings. The van der Waals surface area contributed by atoms with Gasteiger partial charge in [0.25, 0.3) is 0 Å². The van der Waals surface area contributed by atoms with Gasteiger partial charge in [-0.1, -0.05) is 44.9 Å². The number of carbonyl (C=O) groups is 1. The summed E-state index contributed by atoms with van der Waals surface area (Å²) in [6, 6.07) is 10.8. The van der Waals surface area contributed by atoms with Crippen LogP contribution in [0.4, 0.5) is 0 Å². The quantitative estimate of drug-likeness (QED) is 0.886. The van der Waals surface area contributed by atoms with Gasteiger partial charge in [-0.2, -0.15) is 0 Å². The molecule has 2 aromatic rings. The molecular weight excluding hydrogens is 322 g/mol. The fourth-order valence-electron chi connectivity index (χ4n) is 6.32. The average Bonchev–Trinajstić information content (AvgIpc) is 3.03. The predicted molar refractivity (Wildman–Crippen MR) is 104 cm³/mol. The van der Waals surface area contributed by atoms with Crippen LogP contribution in [0.25, 0.3) is 10.9 Å². The van der Waals surface area contributed by atoms with E-state index in [-0.39, 0.29) is 10.8 Å². The van der Waals surface area contributed by atoms with Crippen molar-refractivity contribution in [3.8, 4) is 0 Å². The summed E-state index contributed by atoms with van der Waals surface area (Å²) in [5, 5.41) is 1.28. The molecule has 4 nitrogen and oxygen atoms in total. The van der Waals surface area contributed by atoms with Gasteiger partial charge in [0.2, 0.25) is 0 Å². The van der Waals surface area contributed by atoms with Crippen molar-refractivity contribution in [2.45, 2.75) is 45.7 Å². The Bertz CT molecular complexity index is 777. The predicted octanol–water partition coefficient (Wildman–Crippen LogP) is 3.95. The number of aromatic nitrogens is 1. The van der Waals surface area contributed by atoms with Gasteiger partial charge in [0, 0.05) is 37.4 Å². The molecule has 4 aliphatic heterocycles. The standard InChI is InChI=1S/C22H29N3O/c1-3-9-21-12-24-14-22(10-4-2,20(21)26)15-25(13-21)19(24)18-11-16-7-5-6-8-17(16)23-18/h5-8,11,19,23H,3-4,9-10,12-15H2,1-2H3. The van der Waals surface area contributed by atoms with E-state index in [4.69, 9.17) is 0 Å². The maximum atomic E-state index is 13.5. The summed E-state index contributed by atoms with van der Waals surface area (Å²) >= 11 is 0. The van der Waals surface area contributed by atoms with Crippen molar-refractivity contribution in [3.05, 3.63) is 36.0 Å². The topological polar surface area (TPSA) is 39.3 Å². The zero-order valence-electron chi connectivity index (χ0n) is 15.9. The van der Waals surface area contributed by atoms with Crippen molar-refractivity contribution in [2.75, 3.05) is 26.2 Å². The lowest BCUT2D eigenvalue weighted by molar-refractivity contribution is -0.206. The molecule has 5 heterocycles. The number of H-pyrrole nitrogens is 1. The second-order valence-electron chi connectivity index (χ2n) is 8.89. The molecule has 0 radical (unpaired) electrons. The van der Waals surface area contributed by atoms with Gasteiger partial charge in [0.05, 0.1) is 10.8 Å². The van der Waals surface area contributed by atoms with Crippen LogP contribution in [0.15, 0.2) is 30.3 Å². The van der Waals surface area contributed by atoms with Crippen LogP contribution in [0.3, 0.4) is 0 Å². The molecule has 0 atom stereocenters. The van der Waals surface area contributed by atoms with Crippen molar-refractivity contribution in [3.63, 3.8) is 0 Å². The number of hydrogen-bond acceptors (Lipinski definition) is 3. The van der Waals surface area contributed by atoms with E-state index < -0.39 is 0 Å². The van der Waals surface area contributed by atoms with E-state index in [1.165, 1.54) is 16.6 Å². The van der Waals surface area contributed by atoms with Crippen molar-refractivity contribution in [2.24, 2.45) is 10.8 Å². The second kappa shape index (κ2) is 5.67. The Morgan fingerprint density at radius 3 is 2.12 bits per heavy atom. The lowest BCUT2D eigenvalue weighted by Crippen LogP contribution is -2.76. The summed E-state index contributed by atoms with van der Waals surface area (Å²) < 4.78 is 0. The lowest BCUT2D eigenvalue weighted by Gasteiger charge is -2.66. The van der Waals surface area contributed by atoms with E-state index in [0.717, 1.165) is 51.9 Å². The fraction of sp³-hybridized carbons (Fsp3) is 0.591. The van der Waals surface area contributed by atoms with Crippen LogP contribution in [0.5, 0.6) is 0 Å². The number of nitrogens with one attached hydrogen (secondary N) is 1. The molecule has 4 heteroatoms. The Labute approximate surface area is 155 Å². The van der Waals surface area contributed by atoms with Gasteiger partial charge in [-0.3, -0.25) is 14.6 Å². The number of para-hydroxylation sites is 1. The number of fused-ring (bicyclic) bond motifs is 1. The molecule has 1 aromatic carbocycles. The molecule has 0 unspecified atom stereocenters. The van der Waals surface area contributed by atoms with Gasteiger partial charge in [0.1, 0.15) is 11.9 Å². The van der Waals surface area contributed by atoms with Gasteiger partial charge in [-0.25, -0.2) is 0 Å². The number of Topliss-reactive ketones (excluding diaryl/α,β-unsaturated/α-hetero) is 1. The summed E-state index contributed by atoms with van der Waals surface area (Å²) in [6.45, 7) is 8.17. The minimum atomic E-state index is -0.136. The van der Waals surface area contributed by atoms with E-state index in [0.29, 0.717) is 11.9 Å². The van der Waals surface area contributed by atoms with Gasteiger partial charge in [-0.05, 0) is 30.4 Å². The van der Waals surface area contributed by atoms with Crippen molar-refractivity contribution in [1.29, 1.82) is 0 Å². The number of nitrogens with zero attached hydrogens (tertiary/aromatic N) is 2. The molecule has 4 aliphatic rings. The molecule has 0 spiro atoms. The number of carbonyl (C=O) groups excluding carboxylic acids is 1. The van der Waals surface area contributed by atoms with E-state index in [1.54, 1.807) is 0 Å². The first-order valence-corrected chi connectivity index (χ1v) is 10.2. The number of piperidine rings is 2. The van der Waals surface area contributed by atoms with Gasteiger partial charge in [-0.15, -0.1) is 0 Å². The minimum absolute atomic E-state index is 0.136. The highest BCUT2D eigenvalue weighted by Gasteiger charge is 2.64. The minimum Gasteiger partial charge on any atom is -0.356 e. The van der Waals surface area contributed by atoms with Crippen molar-refractivity contribution < 1.29 is 4.79 Å². The SMILES string of the molecule is CCCC12CN3CC(CCC)(CN(C1)C3c1cc3ccccc3[nH]1)C2=O.